The van der Waals surface area contributed by atoms with Crippen LogP contribution in [0.25, 0.3) is 0 Å². The zero-order valence-electron chi connectivity index (χ0n) is 13.3. The highest BCUT2D eigenvalue weighted by atomic mass is 32.1. The van der Waals surface area contributed by atoms with Crippen LogP contribution >= 0.6 is 11.3 Å². The standard InChI is InChI=1S/C16H17N3O5S/c20-15(11-24-13-6-2-1-5-12(13)19(22)23)17-8-4-9-18-16(21)14-7-3-10-25-14/h1-3,5-7,10H,4,8-9,11H2,(H,17,20)(H,18,21). The summed E-state index contributed by atoms with van der Waals surface area (Å²) in [6.07, 6.45) is 0.564. The number of nitro benzene ring substituents is 1. The Hall–Kier alpha value is -2.94. The molecule has 1 aromatic carbocycles. The van der Waals surface area contributed by atoms with Gasteiger partial charge in [-0.3, -0.25) is 19.7 Å². The van der Waals surface area contributed by atoms with Crippen LogP contribution in [0.1, 0.15) is 16.1 Å². The van der Waals surface area contributed by atoms with Gasteiger partial charge < -0.3 is 15.4 Å². The van der Waals surface area contributed by atoms with E-state index < -0.39 is 4.92 Å². The maximum absolute atomic E-state index is 11.7. The van der Waals surface area contributed by atoms with Gasteiger partial charge in [0, 0.05) is 19.2 Å². The van der Waals surface area contributed by atoms with Crippen molar-refractivity contribution in [2.45, 2.75) is 6.42 Å². The summed E-state index contributed by atoms with van der Waals surface area (Å²) in [6.45, 7) is 0.484. The van der Waals surface area contributed by atoms with Gasteiger partial charge in [-0.1, -0.05) is 18.2 Å². The second-order valence-electron chi connectivity index (χ2n) is 4.95. The number of hydrogen-bond donors (Lipinski definition) is 2. The van der Waals surface area contributed by atoms with Crippen LogP contribution in [0.3, 0.4) is 0 Å². The molecule has 2 aromatic rings. The zero-order valence-corrected chi connectivity index (χ0v) is 14.1. The topological polar surface area (TPSA) is 111 Å². The van der Waals surface area contributed by atoms with Gasteiger partial charge in [-0.05, 0) is 23.9 Å². The van der Waals surface area contributed by atoms with E-state index in [1.54, 1.807) is 18.2 Å². The third-order valence-electron chi connectivity index (χ3n) is 3.13. The van der Waals surface area contributed by atoms with E-state index in [-0.39, 0.29) is 29.9 Å². The van der Waals surface area contributed by atoms with Crippen molar-refractivity contribution >= 4 is 28.8 Å². The molecule has 2 rings (SSSR count). The summed E-state index contributed by atoms with van der Waals surface area (Å²) in [5.74, 6) is -0.477. The number of ether oxygens (including phenoxy) is 1. The van der Waals surface area contributed by atoms with Crippen LogP contribution in [0.4, 0.5) is 5.69 Å². The average molecular weight is 363 g/mol. The van der Waals surface area contributed by atoms with Crippen LogP contribution < -0.4 is 15.4 Å². The van der Waals surface area contributed by atoms with Crippen molar-refractivity contribution in [1.82, 2.24) is 10.6 Å². The Labute approximate surface area is 148 Å². The van der Waals surface area contributed by atoms with Crippen LogP contribution in [-0.4, -0.2) is 36.4 Å². The molecular formula is C16H17N3O5S. The first-order chi connectivity index (χ1) is 12.1. The fourth-order valence-electron chi connectivity index (χ4n) is 1.94. The van der Waals surface area contributed by atoms with Crippen LogP contribution in [0.15, 0.2) is 41.8 Å². The first kappa shape index (κ1) is 18.4. The Morgan fingerprint density at radius 1 is 1.12 bits per heavy atom. The Morgan fingerprint density at radius 3 is 2.60 bits per heavy atom. The van der Waals surface area contributed by atoms with Crippen molar-refractivity contribution in [2.24, 2.45) is 0 Å². The molecule has 0 saturated heterocycles. The first-order valence-electron chi connectivity index (χ1n) is 7.52. The van der Waals surface area contributed by atoms with Crippen molar-refractivity contribution in [1.29, 1.82) is 0 Å². The Balaban J connectivity index is 1.63. The number of para-hydroxylation sites is 2. The SMILES string of the molecule is O=C(COc1ccccc1[N+](=O)[O-])NCCCNC(=O)c1cccs1. The molecule has 2 N–H and O–H groups in total. The van der Waals surface area contributed by atoms with Gasteiger partial charge >= 0.3 is 5.69 Å². The number of nitro groups is 1. The van der Waals surface area contributed by atoms with E-state index >= 15 is 0 Å². The molecule has 0 aliphatic rings. The van der Waals surface area contributed by atoms with E-state index in [2.05, 4.69) is 10.6 Å². The molecule has 0 atom stereocenters. The molecule has 0 aliphatic heterocycles. The fraction of sp³-hybridized carbons (Fsp3) is 0.250. The lowest BCUT2D eigenvalue weighted by Gasteiger charge is -2.08. The molecule has 1 heterocycles. The molecule has 0 fully saturated rings. The molecule has 0 saturated carbocycles. The normalized spacial score (nSPS) is 10.1. The van der Waals surface area contributed by atoms with Gasteiger partial charge in [0.1, 0.15) is 0 Å². The number of carbonyl (C=O) groups is 2. The lowest BCUT2D eigenvalue weighted by molar-refractivity contribution is -0.385. The van der Waals surface area contributed by atoms with Crippen molar-refractivity contribution < 1.29 is 19.2 Å². The summed E-state index contributed by atoms with van der Waals surface area (Å²) in [4.78, 5) is 34.3. The van der Waals surface area contributed by atoms with Gasteiger partial charge in [0.05, 0.1) is 9.80 Å². The third kappa shape index (κ3) is 5.88. The second-order valence-corrected chi connectivity index (χ2v) is 5.90. The molecule has 0 aliphatic carbocycles. The number of rotatable bonds is 9. The quantitative estimate of drug-likeness (QED) is 0.402. The van der Waals surface area contributed by atoms with Crippen LogP contribution in [0.5, 0.6) is 5.75 Å². The molecule has 0 bridgehead atoms. The average Bonchev–Trinajstić information content (AvgIpc) is 3.14. The molecule has 8 nitrogen and oxygen atoms in total. The molecule has 0 spiro atoms. The van der Waals surface area contributed by atoms with Crippen molar-refractivity contribution in [3.05, 3.63) is 56.8 Å². The van der Waals surface area contributed by atoms with E-state index in [0.29, 0.717) is 24.4 Å². The van der Waals surface area contributed by atoms with E-state index in [9.17, 15) is 19.7 Å². The highest BCUT2D eigenvalue weighted by molar-refractivity contribution is 7.12. The maximum atomic E-state index is 11.7. The van der Waals surface area contributed by atoms with Gasteiger partial charge in [-0.15, -0.1) is 11.3 Å². The van der Waals surface area contributed by atoms with Crippen LogP contribution in [-0.2, 0) is 4.79 Å². The molecule has 9 heteroatoms. The molecule has 0 unspecified atom stereocenters. The van der Waals surface area contributed by atoms with Crippen molar-refractivity contribution in [3.8, 4) is 5.75 Å². The summed E-state index contributed by atoms with van der Waals surface area (Å²) in [5, 5.41) is 18.0. The number of amides is 2. The minimum atomic E-state index is -0.566. The number of thiophene rings is 1. The smallest absolute Gasteiger partial charge is 0.310 e. The molecular weight excluding hydrogens is 346 g/mol. The summed E-state index contributed by atoms with van der Waals surface area (Å²) >= 11 is 1.36. The maximum Gasteiger partial charge on any atom is 0.310 e. The van der Waals surface area contributed by atoms with E-state index in [0.717, 1.165) is 0 Å². The number of nitrogens with zero attached hydrogens (tertiary/aromatic N) is 1. The van der Waals surface area contributed by atoms with Gasteiger partial charge in [0.15, 0.2) is 12.4 Å². The van der Waals surface area contributed by atoms with Crippen molar-refractivity contribution in [3.63, 3.8) is 0 Å². The van der Waals surface area contributed by atoms with Crippen LogP contribution in [0, 0.1) is 10.1 Å². The summed E-state index contributed by atoms with van der Waals surface area (Å²) in [7, 11) is 0. The van der Waals surface area contributed by atoms with Gasteiger partial charge in [0.25, 0.3) is 11.8 Å². The van der Waals surface area contributed by atoms with Gasteiger partial charge in [-0.2, -0.15) is 0 Å². The molecule has 2 amide bonds. The number of nitrogens with one attached hydrogen (secondary N) is 2. The lowest BCUT2D eigenvalue weighted by Crippen LogP contribution is -2.32. The minimum absolute atomic E-state index is 0.0471. The zero-order chi connectivity index (χ0) is 18.1. The van der Waals surface area contributed by atoms with Gasteiger partial charge in [0.2, 0.25) is 0 Å². The molecule has 25 heavy (non-hydrogen) atoms. The van der Waals surface area contributed by atoms with Crippen LogP contribution in [0.2, 0.25) is 0 Å². The summed E-state index contributed by atoms with van der Waals surface area (Å²) < 4.78 is 5.18. The summed E-state index contributed by atoms with van der Waals surface area (Å²) in [5.41, 5.74) is -0.188. The second kappa shape index (κ2) is 9.38. The lowest BCUT2D eigenvalue weighted by atomic mass is 10.3. The minimum Gasteiger partial charge on any atom is -0.477 e. The Kier molecular flexibility index (Phi) is 6.90. The predicted molar refractivity (Wildman–Crippen MR) is 92.9 cm³/mol. The Morgan fingerprint density at radius 2 is 1.88 bits per heavy atom. The molecule has 0 radical (unpaired) electrons. The number of benzene rings is 1. The van der Waals surface area contributed by atoms with E-state index in [1.807, 2.05) is 5.38 Å². The van der Waals surface area contributed by atoms with E-state index in [4.69, 9.17) is 4.74 Å². The first-order valence-corrected chi connectivity index (χ1v) is 8.40. The van der Waals surface area contributed by atoms with Gasteiger partial charge in [-0.25, -0.2) is 0 Å². The summed E-state index contributed by atoms with van der Waals surface area (Å²) in [6, 6.07) is 9.40. The fourth-order valence-corrected chi connectivity index (χ4v) is 2.58. The Bertz CT molecular complexity index is 733. The third-order valence-corrected chi connectivity index (χ3v) is 4.00. The molecule has 1 aromatic heterocycles. The largest absolute Gasteiger partial charge is 0.477 e. The number of carbonyl (C=O) groups excluding carboxylic acids is 2. The predicted octanol–water partition coefficient (Wildman–Crippen LogP) is 1.97. The number of hydrogen-bond acceptors (Lipinski definition) is 6. The molecule has 132 valence electrons. The monoisotopic (exact) mass is 363 g/mol. The van der Waals surface area contributed by atoms with Crippen molar-refractivity contribution in [2.75, 3.05) is 19.7 Å². The highest BCUT2D eigenvalue weighted by Gasteiger charge is 2.14. The highest BCUT2D eigenvalue weighted by Crippen LogP contribution is 2.25. The van der Waals surface area contributed by atoms with E-state index in [1.165, 1.54) is 29.5 Å².